The molecule has 1 aliphatic heterocycles. The van der Waals surface area contributed by atoms with E-state index in [4.69, 9.17) is 11.6 Å². The molecule has 0 spiro atoms. The van der Waals surface area contributed by atoms with E-state index in [2.05, 4.69) is 9.88 Å². The number of hydrogen-bond donors (Lipinski definition) is 0. The van der Waals surface area contributed by atoms with Crippen LogP contribution in [0.1, 0.15) is 15.4 Å². The van der Waals surface area contributed by atoms with Crippen molar-refractivity contribution < 1.29 is 9.18 Å². The Balaban J connectivity index is 1.45. The van der Waals surface area contributed by atoms with Crippen LogP contribution in [0.15, 0.2) is 48.5 Å². The summed E-state index contributed by atoms with van der Waals surface area (Å²) in [5.41, 5.74) is 2.69. The van der Waals surface area contributed by atoms with Crippen molar-refractivity contribution in [1.29, 1.82) is 0 Å². The maximum atomic E-state index is 13.1. The van der Waals surface area contributed by atoms with Gasteiger partial charge in [0.2, 0.25) is 0 Å². The van der Waals surface area contributed by atoms with Crippen LogP contribution in [0.4, 0.5) is 10.1 Å². The van der Waals surface area contributed by atoms with Gasteiger partial charge in [0.05, 0.1) is 5.69 Å². The average molecular weight is 416 g/mol. The van der Waals surface area contributed by atoms with Gasteiger partial charge in [0.25, 0.3) is 5.91 Å². The van der Waals surface area contributed by atoms with Gasteiger partial charge in [-0.2, -0.15) is 0 Å². The van der Waals surface area contributed by atoms with Crippen molar-refractivity contribution >= 4 is 34.5 Å². The standard InChI is InChI=1S/C21H19ClFN3OS/c1-14-19(28-20(24-14)15-2-4-16(22)5-3-15)21(27)26-12-10-25(11-13-26)18-8-6-17(23)7-9-18/h2-9H,10-13H2,1H3. The predicted molar refractivity (Wildman–Crippen MR) is 112 cm³/mol. The number of carbonyl (C=O) groups excluding carboxylic acids is 1. The topological polar surface area (TPSA) is 36.4 Å². The van der Waals surface area contributed by atoms with Crippen LogP contribution >= 0.6 is 22.9 Å². The van der Waals surface area contributed by atoms with Gasteiger partial charge in [0.1, 0.15) is 15.7 Å². The van der Waals surface area contributed by atoms with Crippen molar-refractivity contribution in [3.05, 3.63) is 69.9 Å². The van der Waals surface area contributed by atoms with Crippen molar-refractivity contribution in [2.45, 2.75) is 6.92 Å². The van der Waals surface area contributed by atoms with Crippen LogP contribution in [0.2, 0.25) is 5.02 Å². The number of halogens is 2. The van der Waals surface area contributed by atoms with Crippen molar-refractivity contribution in [3.63, 3.8) is 0 Å². The number of aryl methyl sites for hydroxylation is 1. The van der Waals surface area contributed by atoms with E-state index in [1.807, 2.05) is 36.1 Å². The lowest BCUT2D eigenvalue weighted by Gasteiger charge is -2.36. The van der Waals surface area contributed by atoms with Crippen LogP contribution < -0.4 is 4.90 Å². The zero-order chi connectivity index (χ0) is 19.7. The summed E-state index contributed by atoms with van der Waals surface area (Å²) >= 11 is 7.37. The molecule has 3 aromatic rings. The normalized spacial score (nSPS) is 14.4. The number of thiazole rings is 1. The molecule has 0 saturated carbocycles. The van der Waals surface area contributed by atoms with Crippen LogP contribution in [0, 0.1) is 12.7 Å². The van der Waals surface area contributed by atoms with Gasteiger partial charge in [-0.25, -0.2) is 9.37 Å². The lowest BCUT2D eigenvalue weighted by atomic mass is 10.2. The summed E-state index contributed by atoms with van der Waals surface area (Å²) in [5, 5.41) is 1.50. The molecular formula is C21H19ClFN3OS. The largest absolute Gasteiger partial charge is 0.368 e. The average Bonchev–Trinajstić information content (AvgIpc) is 3.10. The molecule has 1 saturated heterocycles. The van der Waals surface area contributed by atoms with Crippen molar-refractivity contribution in [2.75, 3.05) is 31.1 Å². The van der Waals surface area contributed by atoms with Gasteiger partial charge < -0.3 is 9.80 Å². The van der Waals surface area contributed by atoms with Crippen LogP contribution in [0.3, 0.4) is 0 Å². The van der Waals surface area contributed by atoms with Gasteiger partial charge in [-0.3, -0.25) is 4.79 Å². The van der Waals surface area contributed by atoms with E-state index in [0.717, 1.165) is 35.0 Å². The van der Waals surface area contributed by atoms with E-state index in [0.29, 0.717) is 23.0 Å². The quantitative estimate of drug-likeness (QED) is 0.612. The van der Waals surface area contributed by atoms with Gasteiger partial charge in [-0.05, 0) is 43.3 Å². The highest BCUT2D eigenvalue weighted by Gasteiger charge is 2.25. The third kappa shape index (κ3) is 3.88. The minimum atomic E-state index is -0.241. The Hall–Kier alpha value is -2.44. The highest BCUT2D eigenvalue weighted by Crippen LogP contribution is 2.30. The monoisotopic (exact) mass is 415 g/mol. The molecule has 0 N–H and O–H groups in total. The second kappa shape index (κ2) is 7.89. The first-order valence-corrected chi connectivity index (χ1v) is 10.2. The first kappa shape index (κ1) is 18.9. The summed E-state index contributed by atoms with van der Waals surface area (Å²) < 4.78 is 13.1. The highest BCUT2D eigenvalue weighted by molar-refractivity contribution is 7.17. The van der Waals surface area contributed by atoms with Crippen molar-refractivity contribution in [1.82, 2.24) is 9.88 Å². The Labute approximate surface area is 172 Å². The number of hydrogen-bond acceptors (Lipinski definition) is 4. The predicted octanol–water partition coefficient (Wildman–Crippen LogP) is 4.87. The van der Waals surface area contributed by atoms with Crippen molar-refractivity contribution in [2.24, 2.45) is 0 Å². The number of anilines is 1. The lowest BCUT2D eigenvalue weighted by molar-refractivity contribution is 0.0750. The fourth-order valence-electron chi connectivity index (χ4n) is 3.27. The number of piperazine rings is 1. The summed E-state index contributed by atoms with van der Waals surface area (Å²) in [4.78, 5) is 22.3. The van der Waals surface area contributed by atoms with Gasteiger partial charge in [-0.1, -0.05) is 23.7 Å². The van der Waals surface area contributed by atoms with E-state index >= 15 is 0 Å². The highest BCUT2D eigenvalue weighted by atomic mass is 35.5. The zero-order valence-corrected chi connectivity index (χ0v) is 16.9. The van der Waals surface area contributed by atoms with E-state index in [-0.39, 0.29) is 11.7 Å². The molecule has 0 unspecified atom stereocenters. The number of rotatable bonds is 3. The fourth-order valence-corrected chi connectivity index (χ4v) is 4.44. The third-order valence-corrected chi connectivity index (χ3v) is 6.29. The van der Waals surface area contributed by atoms with Gasteiger partial charge in [-0.15, -0.1) is 11.3 Å². The Morgan fingerprint density at radius 3 is 2.32 bits per heavy atom. The summed E-state index contributed by atoms with van der Waals surface area (Å²) in [5.74, 6) is -0.219. The van der Waals surface area contributed by atoms with E-state index in [9.17, 15) is 9.18 Å². The molecule has 1 amide bonds. The van der Waals surface area contributed by atoms with Gasteiger partial charge in [0.15, 0.2) is 0 Å². The first-order chi connectivity index (χ1) is 13.5. The van der Waals surface area contributed by atoms with E-state index in [1.54, 1.807) is 12.1 Å². The second-order valence-corrected chi connectivity index (χ2v) is 8.13. The van der Waals surface area contributed by atoms with Crippen LogP contribution in [0.25, 0.3) is 10.6 Å². The lowest BCUT2D eigenvalue weighted by Crippen LogP contribution is -2.48. The maximum absolute atomic E-state index is 13.1. The molecule has 1 fully saturated rings. The van der Waals surface area contributed by atoms with Crippen LogP contribution in [0.5, 0.6) is 0 Å². The molecule has 7 heteroatoms. The Morgan fingerprint density at radius 1 is 1.04 bits per heavy atom. The number of benzene rings is 2. The number of carbonyl (C=O) groups is 1. The molecule has 0 atom stereocenters. The minimum absolute atomic E-state index is 0.0222. The molecule has 1 aromatic heterocycles. The number of nitrogens with zero attached hydrogens (tertiary/aromatic N) is 3. The Bertz CT molecular complexity index is 980. The Morgan fingerprint density at radius 2 is 1.68 bits per heavy atom. The fraction of sp³-hybridized carbons (Fsp3) is 0.238. The molecular weight excluding hydrogens is 397 g/mol. The van der Waals surface area contributed by atoms with E-state index in [1.165, 1.54) is 23.5 Å². The van der Waals surface area contributed by atoms with Crippen LogP contribution in [-0.4, -0.2) is 42.0 Å². The molecule has 4 rings (SSSR count). The van der Waals surface area contributed by atoms with Crippen LogP contribution in [-0.2, 0) is 0 Å². The SMILES string of the molecule is Cc1nc(-c2ccc(Cl)cc2)sc1C(=O)N1CCN(c2ccc(F)cc2)CC1. The summed E-state index contributed by atoms with van der Waals surface area (Å²) in [6.45, 7) is 4.57. The first-order valence-electron chi connectivity index (χ1n) is 9.04. The minimum Gasteiger partial charge on any atom is -0.368 e. The number of aromatic nitrogens is 1. The van der Waals surface area contributed by atoms with Gasteiger partial charge in [0, 0.05) is 42.5 Å². The molecule has 1 aliphatic rings. The Kier molecular flexibility index (Phi) is 5.33. The molecule has 0 bridgehead atoms. The molecule has 28 heavy (non-hydrogen) atoms. The summed E-state index contributed by atoms with van der Waals surface area (Å²) in [7, 11) is 0. The molecule has 144 valence electrons. The maximum Gasteiger partial charge on any atom is 0.265 e. The van der Waals surface area contributed by atoms with Crippen molar-refractivity contribution in [3.8, 4) is 10.6 Å². The molecule has 2 aromatic carbocycles. The second-order valence-electron chi connectivity index (χ2n) is 6.70. The van der Waals surface area contributed by atoms with Gasteiger partial charge >= 0.3 is 0 Å². The summed E-state index contributed by atoms with van der Waals surface area (Å²) in [6.07, 6.45) is 0. The molecule has 4 nitrogen and oxygen atoms in total. The smallest absolute Gasteiger partial charge is 0.265 e. The molecule has 2 heterocycles. The molecule has 0 aliphatic carbocycles. The molecule has 0 radical (unpaired) electrons. The number of amides is 1. The third-order valence-electron chi connectivity index (χ3n) is 4.84. The zero-order valence-electron chi connectivity index (χ0n) is 15.4. The summed E-state index contributed by atoms with van der Waals surface area (Å²) in [6, 6.07) is 14.0. The van der Waals surface area contributed by atoms with E-state index < -0.39 is 0 Å².